The highest BCUT2D eigenvalue weighted by molar-refractivity contribution is 6.05. The number of primary amides is 1. The standard InChI is InChI=1S/C23H28F3N5O5/c1-12(2)8-17(31-10-14(20(27)33)19-16(31)4-3-6-28-19)22(35)30-15(9-13-5-7-29-21(13)34)18(32)11-36-23(24,25)26/h3-4,6,10,12-13,15,17H,5,7-9,11H2,1-2H3,(H2,27,33)(H,29,34)(H,30,35)/t13-,15-,17-/m0/s1. The number of nitrogens with one attached hydrogen (secondary N) is 2. The van der Waals surface area contributed by atoms with Gasteiger partial charge in [0.15, 0.2) is 5.78 Å². The lowest BCUT2D eigenvalue weighted by Crippen LogP contribution is -2.47. The second-order valence-corrected chi connectivity index (χ2v) is 9.11. The second-order valence-electron chi connectivity index (χ2n) is 9.11. The van der Waals surface area contributed by atoms with Gasteiger partial charge in [-0.1, -0.05) is 13.8 Å². The van der Waals surface area contributed by atoms with Gasteiger partial charge in [0, 0.05) is 24.9 Å². The minimum absolute atomic E-state index is 0.0183. The largest absolute Gasteiger partial charge is 0.522 e. The van der Waals surface area contributed by atoms with Crippen molar-refractivity contribution in [3.63, 3.8) is 0 Å². The normalized spacial score (nSPS) is 17.7. The van der Waals surface area contributed by atoms with Crippen molar-refractivity contribution in [2.24, 2.45) is 17.6 Å². The summed E-state index contributed by atoms with van der Waals surface area (Å²) < 4.78 is 42.8. The Kier molecular flexibility index (Phi) is 8.33. The van der Waals surface area contributed by atoms with Crippen molar-refractivity contribution in [1.82, 2.24) is 20.2 Å². The molecule has 0 spiro atoms. The van der Waals surface area contributed by atoms with E-state index >= 15 is 0 Å². The molecule has 0 aromatic carbocycles. The van der Waals surface area contributed by atoms with Crippen LogP contribution >= 0.6 is 0 Å². The van der Waals surface area contributed by atoms with Crippen molar-refractivity contribution in [3.8, 4) is 0 Å². The predicted molar refractivity (Wildman–Crippen MR) is 121 cm³/mol. The molecule has 0 bridgehead atoms. The Balaban J connectivity index is 1.92. The zero-order valence-corrected chi connectivity index (χ0v) is 19.8. The van der Waals surface area contributed by atoms with Gasteiger partial charge in [-0.2, -0.15) is 0 Å². The molecule has 3 amide bonds. The maximum absolute atomic E-state index is 13.5. The first-order chi connectivity index (χ1) is 16.9. The van der Waals surface area contributed by atoms with Gasteiger partial charge in [0.05, 0.1) is 17.1 Å². The summed E-state index contributed by atoms with van der Waals surface area (Å²) in [6, 6.07) is 0.936. The van der Waals surface area contributed by atoms with Crippen molar-refractivity contribution in [1.29, 1.82) is 0 Å². The highest BCUT2D eigenvalue weighted by atomic mass is 19.4. The molecule has 0 aliphatic carbocycles. The number of nitrogens with two attached hydrogens (primary N) is 1. The number of nitrogens with zero attached hydrogens (tertiary/aromatic N) is 2. The van der Waals surface area contributed by atoms with Gasteiger partial charge in [0.2, 0.25) is 11.8 Å². The first-order valence-corrected chi connectivity index (χ1v) is 11.4. The zero-order valence-electron chi connectivity index (χ0n) is 19.8. The third kappa shape index (κ3) is 6.59. The fourth-order valence-electron chi connectivity index (χ4n) is 4.26. The lowest BCUT2D eigenvalue weighted by atomic mass is 9.95. The molecule has 3 heterocycles. The van der Waals surface area contributed by atoms with Crippen LogP contribution in [0.1, 0.15) is 49.5 Å². The summed E-state index contributed by atoms with van der Waals surface area (Å²) in [4.78, 5) is 54.3. The van der Waals surface area contributed by atoms with Crippen LogP contribution in [-0.2, 0) is 19.1 Å². The molecule has 36 heavy (non-hydrogen) atoms. The average Bonchev–Trinajstić information content (AvgIpc) is 3.38. The average molecular weight is 512 g/mol. The Morgan fingerprint density at radius 1 is 1.33 bits per heavy atom. The fraction of sp³-hybridized carbons (Fsp3) is 0.522. The molecule has 13 heteroatoms. The van der Waals surface area contributed by atoms with E-state index < -0.39 is 48.6 Å². The number of aromatic nitrogens is 2. The van der Waals surface area contributed by atoms with Gasteiger partial charge in [-0.15, -0.1) is 13.2 Å². The van der Waals surface area contributed by atoms with E-state index in [1.807, 2.05) is 13.8 Å². The van der Waals surface area contributed by atoms with E-state index in [2.05, 4.69) is 20.4 Å². The minimum Gasteiger partial charge on any atom is -0.365 e. The number of fused-ring (bicyclic) bond motifs is 1. The molecule has 2 aromatic rings. The molecule has 0 radical (unpaired) electrons. The fourth-order valence-corrected chi connectivity index (χ4v) is 4.26. The quantitative estimate of drug-likeness (QED) is 0.420. The molecule has 1 fully saturated rings. The topological polar surface area (TPSA) is 145 Å². The van der Waals surface area contributed by atoms with E-state index in [0.717, 1.165) is 0 Å². The van der Waals surface area contributed by atoms with Crippen molar-refractivity contribution < 1.29 is 37.1 Å². The van der Waals surface area contributed by atoms with Gasteiger partial charge in [-0.05, 0) is 37.3 Å². The van der Waals surface area contributed by atoms with Gasteiger partial charge in [-0.3, -0.25) is 28.9 Å². The number of rotatable bonds is 11. The number of carbonyl (C=O) groups is 4. The molecule has 0 saturated carbocycles. The van der Waals surface area contributed by atoms with Crippen LogP contribution in [0.15, 0.2) is 24.5 Å². The number of hydrogen-bond acceptors (Lipinski definition) is 6. The van der Waals surface area contributed by atoms with Crippen LogP contribution < -0.4 is 16.4 Å². The van der Waals surface area contributed by atoms with Gasteiger partial charge >= 0.3 is 6.36 Å². The first kappa shape index (κ1) is 27.1. The molecule has 196 valence electrons. The number of pyridine rings is 1. The smallest absolute Gasteiger partial charge is 0.365 e. The third-order valence-electron chi connectivity index (χ3n) is 5.95. The molecule has 10 nitrogen and oxygen atoms in total. The number of alkyl halides is 3. The Bertz CT molecular complexity index is 1150. The first-order valence-electron chi connectivity index (χ1n) is 11.4. The lowest BCUT2D eigenvalue weighted by molar-refractivity contribution is -0.321. The maximum Gasteiger partial charge on any atom is 0.522 e. The van der Waals surface area contributed by atoms with Crippen LogP contribution in [0.3, 0.4) is 0 Å². The molecule has 0 unspecified atom stereocenters. The van der Waals surface area contributed by atoms with E-state index in [1.165, 1.54) is 17.0 Å². The molecule has 2 aromatic heterocycles. The SMILES string of the molecule is CC(C)C[C@@H](C(=O)N[C@@H](C[C@@H]1CCNC1=O)C(=O)COC(F)(F)F)n1cc(C(N)=O)c2ncccc21. The maximum atomic E-state index is 13.5. The van der Waals surface area contributed by atoms with Crippen LogP contribution in [-0.4, -0.2) is 58.6 Å². The summed E-state index contributed by atoms with van der Waals surface area (Å²) in [6.07, 6.45) is -1.68. The van der Waals surface area contributed by atoms with E-state index in [1.54, 1.807) is 12.1 Å². The lowest BCUT2D eigenvalue weighted by Gasteiger charge is -2.26. The van der Waals surface area contributed by atoms with Crippen LogP contribution in [0, 0.1) is 11.8 Å². The molecule has 3 atom stereocenters. The number of ether oxygens (including phenoxy) is 1. The molecular formula is C23H28F3N5O5. The molecule has 1 saturated heterocycles. The van der Waals surface area contributed by atoms with Gasteiger partial charge in [-0.25, -0.2) is 0 Å². The van der Waals surface area contributed by atoms with Crippen LogP contribution in [0.5, 0.6) is 0 Å². The van der Waals surface area contributed by atoms with E-state index in [0.29, 0.717) is 24.0 Å². The summed E-state index contributed by atoms with van der Waals surface area (Å²) in [7, 11) is 0. The van der Waals surface area contributed by atoms with E-state index in [9.17, 15) is 32.3 Å². The molecule has 3 rings (SSSR count). The number of Topliss-reactive ketones (excluding diaryl/α,β-unsaturated/α-hetero) is 1. The molecule has 1 aliphatic heterocycles. The summed E-state index contributed by atoms with van der Waals surface area (Å²) in [5.74, 6) is -3.43. The second kappa shape index (κ2) is 11.1. The highest BCUT2D eigenvalue weighted by Crippen LogP contribution is 2.28. The molecule has 1 aliphatic rings. The predicted octanol–water partition coefficient (Wildman–Crippen LogP) is 1.84. The number of carbonyl (C=O) groups excluding carboxylic acids is 4. The van der Waals surface area contributed by atoms with Crippen LogP contribution in [0.25, 0.3) is 11.0 Å². The molecular weight excluding hydrogens is 483 g/mol. The highest BCUT2D eigenvalue weighted by Gasteiger charge is 2.36. The summed E-state index contributed by atoms with van der Waals surface area (Å²) in [6.45, 7) is 2.79. The Morgan fingerprint density at radius 3 is 2.64 bits per heavy atom. The van der Waals surface area contributed by atoms with Gasteiger partial charge in [0.25, 0.3) is 5.91 Å². The third-order valence-corrected chi connectivity index (χ3v) is 5.95. The Labute approximate surface area is 204 Å². The minimum atomic E-state index is -5.03. The number of ketones is 1. The number of amides is 3. The van der Waals surface area contributed by atoms with Gasteiger partial charge in [0.1, 0.15) is 18.2 Å². The summed E-state index contributed by atoms with van der Waals surface area (Å²) in [5, 5.41) is 5.14. The van der Waals surface area contributed by atoms with Crippen molar-refractivity contribution in [2.75, 3.05) is 13.2 Å². The Hall–Kier alpha value is -3.48. The summed E-state index contributed by atoms with van der Waals surface area (Å²) >= 11 is 0. The van der Waals surface area contributed by atoms with E-state index in [-0.39, 0.29) is 30.2 Å². The zero-order chi connectivity index (χ0) is 26.6. The number of hydrogen-bond donors (Lipinski definition) is 3. The monoisotopic (exact) mass is 511 g/mol. The van der Waals surface area contributed by atoms with Crippen molar-refractivity contribution >= 4 is 34.5 Å². The van der Waals surface area contributed by atoms with E-state index in [4.69, 9.17) is 5.73 Å². The Morgan fingerprint density at radius 2 is 2.06 bits per heavy atom. The van der Waals surface area contributed by atoms with Crippen molar-refractivity contribution in [3.05, 3.63) is 30.1 Å². The van der Waals surface area contributed by atoms with Crippen LogP contribution in [0.4, 0.5) is 13.2 Å². The molecule has 4 N–H and O–H groups in total. The van der Waals surface area contributed by atoms with Crippen LogP contribution in [0.2, 0.25) is 0 Å². The number of halogens is 3. The van der Waals surface area contributed by atoms with Gasteiger partial charge < -0.3 is 20.9 Å². The van der Waals surface area contributed by atoms with Crippen molar-refractivity contribution in [2.45, 2.75) is 51.6 Å². The summed E-state index contributed by atoms with van der Waals surface area (Å²) in [5.41, 5.74) is 6.32.